The van der Waals surface area contributed by atoms with Crippen LogP contribution >= 0.6 is 0 Å². The zero-order valence-corrected chi connectivity index (χ0v) is 11.6. The lowest BCUT2D eigenvalue weighted by molar-refractivity contribution is 0.336. The highest BCUT2D eigenvalue weighted by atomic mass is 14.9. The minimum absolute atomic E-state index is 0.570. The zero-order chi connectivity index (χ0) is 12.2. The first-order chi connectivity index (χ1) is 7.53. The van der Waals surface area contributed by atoms with Gasteiger partial charge in [0.25, 0.3) is 0 Å². The van der Waals surface area contributed by atoms with E-state index in [1.807, 2.05) is 0 Å². The fourth-order valence-electron chi connectivity index (χ4n) is 2.91. The van der Waals surface area contributed by atoms with E-state index in [2.05, 4.69) is 39.6 Å². The molecule has 0 aliphatic heterocycles. The molecule has 1 rings (SSSR count). The van der Waals surface area contributed by atoms with Gasteiger partial charge in [0.15, 0.2) is 0 Å². The summed E-state index contributed by atoms with van der Waals surface area (Å²) in [6.07, 6.45) is 5.28. The van der Waals surface area contributed by atoms with Crippen molar-refractivity contribution in [2.24, 2.45) is 17.3 Å². The molecule has 0 aromatic rings. The smallest absolute Gasteiger partial charge is 0.00204 e. The van der Waals surface area contributed by atoms with Gasteiger partial charge in [-0.05, 0) is 56.5 Å². The monoisotopic (exact) mass is 223 g/mol. The molecule has 0 spiro atoms. The van der Waals surface area contributed by atoms with Crippen LogP contribution in [-0.2, 0) is 0 Å². The van der Waals surface area contributed by atoms with Crippen molar-refractivity contribution >= 4 is 0 Å². The summed E-state index contributed by atoms with van der Waals surface area (Å²) in [7, 11) is 0. The first-order valence-electron chi connectivity index (χ1n) is 6.89. The topological polar surface area (TPSA) is 12.0 Å². The van der Waals surface area contributed by atoms with Crippen molar-refractivity contribution in [3.8, 4) is 0 Å². The molecule has 3 unspecified atom stereocenters. The van der Waals surface area contributed by atoms with Crippen LogP contribution in [0, 0.1) is 17.3 Å². The van der Waals surface area contributed by atoms with Crippen LogP contribution < -0.4 is 5.32 Å². The predicted octanol–water partition coefficient (Wildman–Crippen LogP) is 4.00. The first kappa shape index (κ1) is 13.8. The van der Waals surface area contributed by atoms with Crippen molar-refractivity contribution in [2.45, 2.75) is 53.4 Å². The summed E-state index contributed by atoms with van der Waals surface area (Å²) < 4.78 is 0. The van der Waals surface area contributed by atoms with Crippen LogP contribution in [0.2, 0.25) is 0 Å². The van der Waals surface area contributed by atoms with E-state index in [1.165, 1.54) is 37.8 Å². The average molecular weight is 223 g/mol. The molecule has 94 valence electrons. The van der Waals surface area contributed by atoms with Crippen molar-refractivity contribution < 1.29 is 0 Å². The van der Waals surface area contributed by atoms with Crippen LogP contribution in [0.25, 0.3) is 0 Å². The predicted molar refractivity (Wildman–Crippen MR) is 72.6 cm³/mol. The van der Waals surface area contributed by atoms with Crippen molar-refractivity contribution in [1.29, 1.82) is 0 Å². The summed E-state index contributed by atoms with van der Waals surface area (Å²) in [5.41, 5.74) is 1.96. The Kier molecular flexibility index (Phi) is 5.04. The summed E-state index contributed by atoms with van der Waals surface area (Å²) in [6, 6.07) is 0. The molecule has 0 aromatic carbocycles. The lowest BCUT2D eigenvalue weighted by atomic mass is 9.88. The molecule has 1 aliphatic carbocycles. The van der Waals surface area contributed by atoms with Crippen LogP contribution in [0.4, 0.5) is 0 Å². The van der Waals surface area contributed by atoms with Gasteiger partial charge in [0.05, 0.1) is 0 Å². The van der Waals surface area contributed by atoms with Gasteiger partial charge in [-0.25, -0.2) is 0 Å². The number of allylic oxidation sites excluding steroid dienone is 1. The van der Waals surface area contributed by atoms with E-state index in [0.717, 1.165) is 18.4 Å². The molecule has 16 heavy (non-hydrogen) atoms. The Hall–Kier alpha value is -0.300. The van der Waals surface area contributed by atoms with E-state index in [9.17, 15) is 0 Å². The standard InChI is InChI=1S/C15H29N/c1-6-8-16-11-13(7-2)9-15(5)10-14(15)12(3)4/h13-14,16H,3,6-11H2,1-2,4-5H3. The van der Waals surface area contributed by atoms with Gasteiger partial charge in [-0.2, -0.15) is 0 Å². The van der Waals surface area contributed by atoms with Gasteiger partial charge >= 0.3 is 0 Å². The highest BCUT2D eigenvalue weighted by Crippen LogP contribution is 2.59. The quantitative estimate of drug-likeness (QED) is 0.484. The van der Waals surface area contributed by atoms with Crippen molar-refractivity contribution in [1.82, 2.24) is 5.32 Å². The lowest BCUT2D eigenvalue weighted by Gasteiger charge is -2.21. The second kappa shape index (κ2) is 5.86. The van der Waals surface area contributed by atoms with E-state index in [-0.39, 0.29) is 0 Å². The number of hydrogen-bond acceptors (Lipinski definition) is 1. The summed E-state index contributed by atoms with van der Waals surface area (Å²) in [4.78, 5) is 0. The molecule has 0 radical (unpaired) electrons. The maximum absolute atomic E-state index is 4.11. The molecule has 0 bridgehead atoms. The van der Waals surface area contributed by atoms with Gasteiger partial charge in [-0.15, -0.1) is 0 Å². The summed E-state index contributed by atoms with van der Waals surface area (Å²) in [5.74, 6) is 1.65. The maximum atomic E-state index is 4.11. The third-order valence-electron chi connectivity index (χ3n) is 4.14. The number of rotatable bonds is 8. The van der Waals surface area contributed by atoms with E-state index < -0.39 is 0 Å². The SMILES string of the molecule is C=C(C)C1CC1(C)CC(CC)CNCCC. The third kappa shape index (κ3) is 3.62. The highest BCUT2D eigenvalue weighted by molar-refractivity contribution is 5.15. The average Bonchev–Trinajstić information content (AvgIpc) is 2.90. The Morgan fingerprint density at radius 1 is 1.50 bits per heavy atom. The van der Waals surface area contributed by atoms with Gasteiger partial charge in [-0.3, -0.25) is 0 Å². The molecule has 1 saturated carbocycles. The van der Waals surface area contributed by atoms with Crippen molar-refractivity contribution in [2.75, 3.05) is 13.1 Å². The van der Waals surface area contributed by atoms with Crippen LogP contribution in [0.5, 0.6) is 0 Å². The van der Waals surface area contributed by atoms with Gasteiger partial charge < -0.3 is 5.32 Å². The molecule has 1 heteroatoms. The molecule has 0 aromatic heterocycles. The van der Waals surface area contributed by atoms with E-state index >= 15 is 0 Å². The van der Waals surface area contributed by atoms with Crippen LogP contribution in [-0.4, -0.2) is 13.1 Å². The van der Waals surface area contributed by atoms with Crippen LogP contribution in [0.15, 0.2) is 12.2 Å². The minimum atomic E-state index is 0.570. The number of nitrogens with one attached hydrogen (secondary N) is 1. The molecular weight excluding hydrogens is 194 g/mol. The largest absolute Gasteiger partial charge is 0.316 e. The molecule has 0 amide bonds. The minimum Gasteiger partial charge on any atom is -0.316 e. The van der Waals surface area contributed by atoms with E-state index in [1.54, 1.807) is 0 Å². The second-order valence-electron chi connectivity index (χ2n) is 5.94. The Labute approximate surface area is 102 Å². The Bertz CT molecular complexity index is 234. The molecule has 1 aliphatic rings. The Balaban J connectivity index is 2.31. The van der Waals surface area contributed by atoms with Gasteiger partial charge in [0.1, 0.15) is 0 Å². The molecule has 1 fully saturated rings. The molecule has 0 heterocycles. The van der Waals surface area contributed by atoms with Crippen molar-refractivity contribution in [3.63, 3.8) is 0 Å². The first-order valence-corrected chi connectivity index (χ1v) is 6.89. The molecule has 1 N–H and O–H groups in total. The molecule has 3 atom stereocenters. The molecule has 0 saturated heterocycles. The van der Waals surface area contributed by atoms with Gasteiger partial charge in [0.2, 0.25) is 0 Å². The number of hydrogen-bond donors (Lipinski definition) is 1. The summed E-state index contributed by atoms with van der Waals surface area (Å²) in [6.45, 7) is 15.6. The van der Waals surface area contributed by atoms with Crippen LogP contribution in [0.3, 0.4) is 0 Å². The van der Waals surface area contributed by atoms with E-state index in [4.69, 9.17) is 0 Å². The van der Waals surface area contributed by atoms with Gasteiger partial charge in [-0.1, -0.05) is 39.3 Å². The molecule has 1 nitrogen and oxygen atoms in total. The zero-order valence-electron chi connectivity index (χ0n) is 11.6. The fourth-order valence-corrected chi connectivity index (χ4v) is 2.91. The van der Waals surface area contributed by atoms with Gasteiger partial charge in [0, 0.05) is 0 Å². The second-order valence-corrected chi connectivity index (χ2v) is 5.94. The molecular formula is C15H29N. The lowest BCUT2D eigenvalue weighted by Crippen LogP contribution is -2.25. The highest BCUT2D eigenvalue weighted by Gasteiger charge is 2.50. The summed E-state index contributed by atoms with van der Waals surface area (Å²) in [5, 5.41) is 3.56. The Morgan fingerprint density at radius 2 is 2.19 bits per heavy atom. The van der Waals surface area contributed by atoms with E-state index in [0.29, 0.717) is 5.41 Å². The third-order valence-corrected chi connectivity index (χ3v) is 4.14. The summed E-state index contributed by atoms with van der Waals surface area (Å²) >= 11 is 0. The fraction of sp³-hybridized carbons (Fsp3) is 0.867. The van der Waals surface area contributed by atoms with Crippen molar-refractivity contribution in [3.05, 3.63) is 12.2 Å². The Morgan fingerprint density at radius 3 is 2.62 bits per heavy atom. The van der Waals surface area contributed by atoms with Crippen LogP contribution in [0.1, 0.15) is 53.4 Å². The maximum Gasteiger partial charge on any atom is -0.00204 e. The normalized spacial score (nSPS) is 30.1.